The molecule has 4 rings (SSSR count). The SMILES string of the molecule is COc1ccc(C(=O)NCCCCCc2nc3ccccc3n2CCCCOc2ccc(C)cc2C)cc1OC. The predicted octanol–water partition coefficient (Wildman–Crippen LogP) is 6.67. The molecule has 1 heterocycles. The van der Waals surface area contributed by atoms with Crippen LogP contribution in [0.4, 0.5) is 0 Å². The quantitative estimate of drug-likeness (QED) is 0.170. The molecule has 0 aliphatic carbocycles. The summed E-state index contributed by atoms with van der Waals surface area (Å²) in [6, 6.07) is 19.9. The van der Waals surface area contributed by atoms with E-state index < -0.39 is 0 Å². The summed E-state index contributed by atoms with van der Waals surface area (Å²) in [6.07, 6.45) is 5.87. The van der Waals surface area contributed by atoms with Gasteiger partial charge in [0, 0.05) is 25.1 Å². The number of aromatic nitrogens is 2. The van der Waals surface area contributed by atoms with Crippen LogP contribution in [0.2, 0.25) is 0 Å². The maximum absolute atomic E-state index is 12.5. The minimum absolute atomic E-state index is 0.107. The smallest absolute Gasteiger partial charge is 0.251 e. The van der Waals surface area contributed by atoms with Gasteiger partial charge >= 0.3 is 0 Å². The maximum Gasteiger partial charge on any atom is 0.251 e. The first kappa shape index (κ1) is 29.0. The molecule has 0 radical (unpaired) electrons. The minimum atomic E-state index is -0.107. The van der Waals surface area contributed by atoms with E-state index in [2.05, 4.69) is 60.1 Å². The fraction of sp³-hybridized carbons (Fsp3) is 0.394. The monoisotopic (exact) mass is 543 g/mol. The van der Waals surface area contributed by atoms with E-state index in [1.54, 1.807) is 32.4 Å². The lowest BCUT2D eigenvalue weighted by molar-refractivity contribution is 0.0952. The first-order chi connectivity index (χ1) is 19.5. The van der Waals surface area contributed by atoms with Crippen molar-refractivity contribution in [2.45, 2.75) is 58.9 Å². The van der Waals surface area contributed by atoms with Crippen molar-refractivity contribution in [2.75, 3.05) is 27.4 Å². The zero-order valence-corrected chi connectivity index (χ0v) is 24.2. The zero-order chi connectivity index (χ0) is 28.3. The topological polar surface area (TPSA) is 74.6 Å². The number of methoxy groups -OCH3 is 2. The summed E-state index contributed by atoms with van der Waals surface area (Å²) in [5.74, 6) is 3.15. The molecular weight excluding hydrogens is 502 g/mol. The lowest BCUT2D eigenvalue weighted by Crippen LogP contribution is -2.24. The average Bonchev–Trinajstić information content (AvgIpc) is 3.32. The third kappa shape index (κ3) is 7.56. The number of carbonyl (C=O) groups excluding carboxylic acids is 1. The Balaban J connectivity index is 1.22. The van der Waals surface area contributed by atoms with Crippen LogP contribution < -0.4 is 19.5 Å². The van der Waals surface area contributed by atoms with Crippen molar-refractivity contribution >= 4 is 16.9 Å². The molecule has 0 saturated carbocycles. The summed E-state index contributed by atoms with van der Waals surface area (Å²) in [5, 5.41) is 3.01. The average molecular weight is 544 g/mol. The van der Waals surface area contributed by atoms with Crippen LogP contribution >= 0.6 is 0 Å². The molecule has 3 aromatic carbocycles. The van der Waals surface area contributed by atoms with Gasteiger partial charge in [0.05, 0.1) is 31.9 Å². The highest BCUT2D eigenvalue weighted by Gasteiger charge is 2.12. The summed E-state index contributed by atoms with van der Waals surface area (Å²) in [5.41, 5.74) is 5.24. The van der Waals surface area contributed by atoms with Crippen LogP contribution in [0.5, 0.6) is 17.2 Å². The van der Waals surface area contributed by atoms with Gasteiger partial charge in [-0.15, -0.1) is 0 Å². The number of hydrogen-bond acceptors (Lipinski definition) is 5. The number of nitrogens with one attached hydrogen (secondary N) is 1. The largest absolute Gasteiger partial charge is 0.493 e. The molecule has 0 aliphatic heterocycles. The number of ether oxygens (including phenoxy) is 3. The van der Waals surface area contributed by atoms with Gasteiger partial charge < -0.3 is 24.1 Å². The molecule has 0 fully saturated rings. The Morgan fingerprint density at radius 2 is 1.65 bits per heavy atom. The Kier molecular flexibility index (Phi) is 10.4. The molecule has 1 aromatic heterocycles. The third-order valence-corrected chi connectivity index (χ3v) is 7.11. The Morgan fingerprint density at radius 3 is 2.45 bits per heavy atom. The number of carbonyl (C=O) groups is 1. The molecule has 212 valence electrons. The molecule has 4 aromatic rings. The highest BCUT2D eigenvalue weighted by molar-refractivity contribution is 5.94. The fourth-order valence-electron chi connectivity index (χ4n) is 4.95. The van der Waals surface area contributed by atoms with Crippen molar-refractivity contribution in [3.63, 3.8) is 0 Å². The van der Waals surface area contributed by atoms with E-state index in [-0.39, 0.29) is 5.91 Å². The van der Waals surface area contributed by atoms with Crippen molar-refractivity contribution in [3.8, 4) is 17.2 Å². The number of fused-ring (bicyclic) bond motifs is 1. The summed E-state index contributed by atoms with van der Waals surface area (Å²) < 4.78 is 18.9. The van der Waals surface area contributed by atoms with Crippen molar-refractivity contribution in [2.24, 2.45) is 0 Å². The lowest BCUT2D eigenvalue weighted by Gasteiger charge is -2.12. The van der Waals surface area contributed by atoms with E-state index >= 15 is 0 Å². The first-order valence-corrected chi connectivity index (χ1v) is 14.1. The summed E-state index contributed by atoms with van der Waals surface area (Å²) in [4.78, 5) is 17.5. The van der Waals surface area contributed by atoms with Crippen molar-refractivity contribution in [1.29, 1.82) is 0 Å². The molecule has 1 amide bonds. The van der Waals surface area contributed by atoms with Gasteiger partial charge in [-0.05, 0) is 81.5 Å². The van der Waals surface area contributed by atoms with Crippen molar-refractivity contribution in [3.05, 3.63) is 83.2 Å². The van der Waals surface area contributed by atoms with E-state index in [0.717, 1.165) is 62.2 Å². The molecule has 0 atom stereocenters. The van der Waals surface area contributed by atoms with Gasteiger partial charge in [-0.25, -0.2) is 4.98 Å². The number of rotatable bonds is 15. The van der Waals surface area contributed by atoms with Crippen LogP contribution in [-0.4, -0.2) is 42.8 Å². The van der Waals surface area contributed by atoms with Gasteiger partial charge in [-0.2, -0.15) is 0 Å². The molecule has 7 nitrogen and oxygen atoms in total. The highest BCUT2D eigenvalue weighted by atomic mass is 16.5. The Bertz CT molecular complexity index is 1410. The van der Waals surface area contributed by atoms with Gasteiger partial charge in [0.15, 0.2) is 11.5 Å². The molecule has 0 saturated heterocycles. The summed E-state index contributed by atoms with van der Waals surface area (Å²) in [6.45, 7) is 6.46. The number of nitrogens with zero attached hydrogens (tertiary/aromatic N) is 2. The lowest BCUT2D eigenvalue weighted by atomic mass is 10.1. The van der Waals surface area contributed by atoms with E-state index in [4.69, 9.17) is 19.2 Å². The second kappa shape index (κ2) is 14.4. The third-order valence-electron chi connectivity index (χ3n) is 7.11. The number of aryl methyl sites for hydroxylation is 4. The normalized spacial score (nSPS) is 11.0. The second-order valence-electron chi connectivity index (χ2n) is 10.1. The minimum Gasteiger partial charge on any atom is -0.493 e. The van der Waals surface area contributed by atoms with Gasteiger partial charge in [-0.1, -0.05) is 36.2 Å². The van der Waals surface area contributed by atoms with E-state index in [0.29, 0.717) is 30.2 Å². The van der Waals surface area contributed by atoms with E-state index in [1.165, 1.54) is 16.6 Å². The number of hydrogen-bond donors (Lipinski definition) is 1. The zero-order valence-electron chi connectivity index (χ0n) is 24.2. The summed E-state index contributed by atoms with van der Waals surface area (Å²) >= 11 is 0. The van der Waals surface area contributed by atoms with Gasteiger partial charge in [0.1, 0.15) is 11.6 Å². The van der Waals surface area contributed by atoms with Gasteiger partial charge in [0.25, 0.3) is 5.91 Å². The number of amides is 1. The summed E-state index contributed by atoms with van der Waals surface area (Å²) in [7, 11) is 3.14. The van der Waals surface area contributed by atoms with E-state index in [9.17, 15) is 4.79 Å². The highest BCUT2D eigenvalue weighted by Crippen LogP contribution is 2.27. The molecule has 40 heavy (non-hydrogen) atoms. The van der Waals surface area contributed by atoms with Crippen LogP contribution in [0.25, 0.3) is 11.0 Å². The number of unbranched alkanes of at least 4 members (excludes halogenated alkanes) is 3. The van der Waals surface area contributed by atoms with Crippen LogP contribution in [-0.2, 0) is 13.0 Å². The molecule has 0 spiro atoms. The number of para-hydroxylation sites is 2. The fourth-order valence-corrected chi connectivity index (χ4v) is 4.95. The van der Waals surface area contributed by atoms with Crippen LogP contribution in [0.1, 0.15) is 59.4 Å². The predicted molar refractivity (Wildman–Crippen MR) is 160 cm³/mol. The Morgan fingerprint density at radius 1 is 0.850 bits per heavy atom. The molecule has 0 aliphatic rings. The van der Waals surface area contributed by atoms with Crippen LogP contribution in [0.15, 0.2) is 60.7 Å². The van der Waals surface area contributed by atoms with Gasteiger partial charge in [0.2, 0.25) is 0 Å². The van der Waals surface area contributed by atoms with Crippen LogP contribution in [0.3, 0.4) is 0 Å². The molecule has 7 heteroatoms. The molecule has 1 N–H and O–H groups in total. The van der Waals surface area contributed by atoms with Crippen LogP contribution in [0, 0.1) is 13.8 Å². The Hall–Kier alpha value is -4.00. The number of imidazole rings is 1. The number of benzene rings is 3. The van der Waals surface area contributed by atoms with Crippen molar-refractivity contribution in [1.82, 2.24) is 14.9 Å². The molecule has 0 bridgehead atoms. The van der Waals surface area contributed by atoms with Crippen molar-refractivity contribution < 1.29 is 19.0 Å². The van der Waals surface area contributed by atoms with Gasteiger partial charge in [-0.3, -0.25) is 4.79 Å². The first-order valence-electron chi connectivity index (χ1n) is 14.1. The van der Waals surface area contributed by atoms with E-state index in [1.807, 2.05) is 6.07 Å². The Labute approximate surface area is 237 Å². The maximum atomic E-state index is 12.5. The second-order valence-corrected chi connectivity index (χ2v) is 10.1. The molecular formula is C33H41N3O4. The standard InChI is InChI=1S/C33H41N3O4/c1-24-15-17-29(25(2)22-24)40-21-11-10-20-36-28-13-8-7-12-27(28)35-32(36)14-6-5-9-19-34-33(37)26-16-18-30(38-3)31(23-26)39-4/h7-8,12-13,15-18,22-23H,5-6,9-11,14,19-21H2,1-4H3,(H,34,37). The molecule has 0 unspecified atom stereocenters.